The van der Waals surface area contributed by atoms with Crippen LogP contribution in [-0.2, 0) is 56.8 Å². The van der Waals surface area contributed by atoms with Crippen molar-refractivity contribution in [3.8, 4) is 17.7 Å². The second-order valence-electron chi connectivity index (χ2n) is 36.9. The maximum absolute atomic E-state index is 13.2. The monoisotopic (exact) mass is 1970 g/mol. The molecule has 0 bridgehead atoms. The second-order valence-corrected chi connectivity index (χ2v) is 36.9. The first-order valence-electron chi connectivity index (χ1n) is 48.2. The molecule has 752 valence electrons. The number of esters is 6. The van der Waals surface area contributed by atoms with Gasteiger partial charge in [0.1, 0.15) is 61.2 Å². The molecule has 0 radical (unpaired) electrons. The number of carbonyl (C=O) groups excluding carboxylic acids is 8. The number of fused-ring (bicyclic) bond motifs is 3. The molecular weight excluding hydrogens is 1850 g/mol. The van der Waals surface area contributed by atoms with Crippen molar-refractivity contribution in [3.63, 3.8) is 0 Å². The standard InChI is InChI=1S/C44H46N4O10.C30H35F3N4O6.C30H32N6O6/c1-29-3-15-35(16-4-29)55-43(51)47-23-19-45(20-24-47)33-11-7-31(8-12-33)41(49)57-37-27-53-40-38(28-54-39(37)40)58-42(50)32-9-13-34(14-10-32)46-21-25-48(26-22-46)44(52)56-36-17-5-30(2)6-18-36;1-34-10-12-35(13-11-34)22-6-2-20(3-7-22)28(38)42-24-18-40-27-25(19-41-26(24)27)43-29(39)21-4-8-23(9-5-21)36-14-16-37(17-15-36)30(31,32)33;1-32-36-16-14-35(15-17-36)24-8-4-22(5-9-24)30(38)42-26-19-40-27-25(18-39-28(26)27)41-29(37)21-2-6-23(7-3-21)34-12-10-33(20-31)11-13-34/h3-18,37-40H,19-28H2,1-2H3;2-9,24-27H,10-19H2,1H3;2-9,25-28H,10-19H2. The molecule has 143 heavy (non-hydrogen) atoms. The van der Waals surface area contributed by atoms with Crippen molar-refractivity contribution < 1.29 is 118 Å². The van der Waals surface area contributed by atoms with Crippen molar-refractivity contribution in [2.75, 3.05) is 233 Å². The minimum atomic E-state index is -4.33. The third-order valence-electron chi connectivity index (χ3n) is 27.7. The van der Waals surface area contributed by atoms with Crippen LogP contribution in [0.1, 0.15) is 73.3 Å². The number of ether oxygens (including phenoxy) is 14. The van der Waals surface area contributed by atoms with E-state index in [9.17, 15) is 51.5 Å². The molecule has 0 N–H and O–H groups in total. The van der Waals surface area contributed by atoms with Crippen molar-refractivity contribution in [2.45, 2.75) is 93.4 Å². The molecule has 0 spiro atoms. The normalized spacial score (nSPS) is 24.3. The molecule has 12 atom stereocenters. The van der Waals surface area contributed by atoms with E-state index in [1.165, 1.54) is 0 Å². The zero-order valence-electron chi connectivity index (χ0n) is 79.5. The largest absolute Gasteiger partial charge is 0.460 e. The van der Waals surface area contributed by atoms with Crippen molar-refractivity contribution in [2.24, 2.45) is 0 Å². The van der Waals surface area contributed by atoms with Gasteiger partial charge in [0.25, 0.3) is 0 Å². The molecular formula is C104H113F3N14O22. The number of piperazine rings is 6. The molecule has 8 aromatic carbocycles. The number of hydrogen-bond acceptors (Lipinski definition) is 33. The lowest BCUT2D eigenvalue weighted by Gasteiger charge is -2.36. The fourth-order valence-corrected chi connectivity index (χ4v) is 19.2. The van der Waals surface area contributed by atoms with Crippen LogP contribution in [-0.4, -0.2) is 361 Å². The fourth-order valence-electron chi connectivity index (χ4n) is 19.2. The predicted octanol–water partition coefficient (Wildman–Crippen LogP) is 9.92. The maximum atomic E-state index is 13.2. The van der Waals surface area contributed by atoms with Crippen LogP contribution in [0.25, 0.3) is 4.95 Å². The molecule has 12 aliphatic rings. The van der Waals surface area contributed by atoms with Gasteiger partial charge in [-0.1, -0.05) is 35.4 Å². The number of likely N-dealkylation sites (N-methyl/N-ethyl adjacent to an activating group) is 1. The SMILES string of the molecule is CN1CCN(c2ccc(C(=O)OC3COC4C(OC(=O)c5ccc(N6CCN(C(F)(F)F)CC6)cc5)COC34)cc2)CC1.Cc1ccc(OC(=O)N2CCN(c3ccc(C(=O)OC4COC5C(OC(=O)c6ccc(N7CCN(C(=O)Oc8ccc(C)cc8)CC7)cc6)COC45)cc3)CC2)cc1.[C-]#[N+]N1CCN(c2ccc(C(=O)OC3COC4C(OC(=O)c5ccc(N6CCN(C#N)CC6)cc5)COC34)cc2)CC1. The van der Waals surface area contributed by atoms with Crippen molar-refractivity contribution in [3.05, 3.63) is 250 Å². The van der Waals surface area contributed by atoms with Crippen LogP contribution < -0.4 is 38.9 Å². The van der Waals surface area contributed by atoms with Crippen LogP contribution in [0.3, 0.4) is 0 Å². The van der Waals surface area contributed by atoms with Crippen LogP contribution in [0.15, 0.2) is 194 Å². The molecule has 12 heterocycles. The average molecular weight is 1970 g/mol. The van der Waals surface area contributed by atoms with Crippen molar-refractivity contribution in [1.29, 1.82) is 5.26 Å². The number of anilines is 6. The molecule has 20 rings (SSSR count). The van der Waals surface area contributed by atoms with Gasteiger partial charge < -0.3 is 115 Å². The predicted molar refractivity (Wildman–Crippen MR) is 514 cm³/mol. The summed E-state index contributed by atoms with van der Waals surface area (Å²) in [6, 6.07) is 57.6. The van der Waals surface area contributed by atoms with Gasteiger partial charge in [-0.2, -0.15) is 30.0 Å². The van der Waals surface area contributed by atoms with E-state index in [-0.39, 0.29) is 78.0 Å². The number of rotatable bonds is 20. The van der Waals surface area contributed by atoms with Crippen LogP contribution in [0.4, 0.5) is 56.9 Å². The number of carbonyl (C=O) groups is 8. The summed E-state index contributed by atoms with van der Waals surface area (Å²) in [6.45, 7) is 26.2. The van der Waals surface area contributed by atoms with E-state index in [4.69, 9.17) is 78.2 Å². The summed E-state index contributed by atoms with van der Waals surface area (Å²) in [5.74, 6) is -1.93. The summed E-state index contributed by atoms with van der Waals surface area (Å²) < 4.78 is 120. The summed E-state index contributed by atoms with van der Waals surface area (Å²) in [6.07, 6.45) is -9.98. The number of benzene rings is 8. The number of nitrogens with zero attached hydrogens (tertiary/aromatic N) is 14. The third-order valence-corrected chi connectivity index (χ3v) is 27.7. The zero-order chi connectivity index (χ0) is 99.4. The average Bonchev–Trinajstić information content (AvgIpc) is 1.62. The Kier molecular flexibility index (Phi) is 31.2. The van der Waals surface area contributed by atoms with Crippen molar-refractivity contribution in [1.82, 2.24) is 29.5 Å². The van der Waals surface area contributed by atoms with E-state index in [1.54, 1.807) is 129 Å². The molecule has 12 saturated heterocycles. The van der Waals surface area contributed by atoms with Gasteiger partial charge in [0.15, 0.2) is 42.8 Å². The lowest BCUT2D eigenvalue weighted by atomic mass is 10.1. The highest BCUT2D eigenvalue weighted by molar-refractivity contribution is 5.93. The van der Waals surface area contributed by atoms with Gasteiger partial charge in [0.05, 0.1) is 73.0 Å². The van der Waals surface area contributed by atoms with Gasteiger partial charge in [-0.15, -0.1) is 5.01 Å². The van der Waals surface area contributed by atoms with E-state index in [1.807, 2.05) is 104 Å². The Labute approximate surface area is 825 Å². The van der Waals surface area contributed by atoms with E-state index in [0.717, 1.165) is 97.6 Å². The Morgan fingerprint density at radius 2 is 0.531 bits per heavy atom. The summed E-state index contributed by atoms with van der Waals surface area (Å²) in [7, 11) is 2.10. The Morgan fingerprint density at radius 3 is 0.755 bits per heavy atom. The van der Waals surface area contributed by atoms with E-state index < -0.39 is 115 Å². The molecule has 0 aliphatic carbocycles. The van der Waals surface area contributed by atoms with Crippen LogP contribution in [0, 0.1) is 31.9 Å². The Morgan fingerprint density at radius 1 is 0.315 bits per heavy atom. The maximum Gasteiger partial charge on any atom is 0.460 e. The molecule has 8 aromatic rings. The Hall–Kier alpha value is -14.0. The summed E-state index contributed by atoms with van der Waals surface area (Å²) in [4.78, 5) is 127. The number of alkyl halides is 3. The van der Waals surface area contributed by atoms with E-state index >= 15 is 0 Å². The van der Waals surface area contributed by atoms with Gasteiger partial charge in [0, 0.05) is 178 Å². The van der Waals surface area contributed by atoms with Crippen LogP contribution in [0.2, 0.25) is 0 Å². The van der Waals surface area contributed by atoms with Crippen LogP contribution >= 0.6 is 0 Å². The van der Waals surface area contributed by atoms with Gasteiger partial charge in [-0.3, -0.25) is 0 Å². The smallest absolute Gasteiger partial charge is 0.453 e. The third kappa shape index (κ3) is 24.2. The minimum absolute atomic E-state index is 0.108. The summed E-state index contributed by atoms with van der Waals surface area (Å²) in [5.41, 5.74) is 10.2. The lowest BCUT2D eigenvalue weighted by Crippen LogP contribution is -2.51. The van der Waals surface area contributed by atoms with E-state index in [0.29, 0.717) is 128 Å². The van der Waals surface area contributed by atoms with Gasteiger partial charge >= 0.3 is 54.3 Å². The molecule has 36 nitrogen and oxygen atoms in total. The summed E-state index contributed by atoms with van der Waals surface area (Å²) >= 11 is 0. The molecule has 12 fully saturated rings. The van der Waals surface area contributed by atoms with Crippen molar-refractivity contribution >= 4 is 82.1 Å². The molecule has 12 aliphatic heterocycles. The Balaban J connectivity index is 0.000000144. The lowest BCUT2D eigenvalue weighted by molar-refractivity contribution is -0.246. The molecule has 39 heteroatoms. The highest BCUT2D eigenvalue weighted by Crippen LogP contribution is 2.38. The van der Waals surface area contributed by atoms with Gasteiger partial charge in [-0.05, 0) is 191 Å². The zero-order valence-corrected chi connectivity index (χ0v) is 79.5. The summed E-state index contributed by atoms with van der Waals surface area (Å²) in [5, 5.41) is 10.8. The second kappa shape index (κ2) is 45.1. The number of aryl methyl sites for hydroxylation is 2. The molecule has 12 unspecified atom stereocenters. The minimum Gasteiger partial charge on any atom is -0.453 e. The molecule has 0 aromatic heterocycles. The highest BCUT2D eigenvalue weighted by Gasteiger charge is 2.55. The van der Waals surface area contributed by atoms with Crippen LogP contribution in [0.5, 0.6) is 11.5 Å². The number of nitriles is 1. The number of halogens is 3. The highest BCUT2D eigenvalue weighted by atomic mass is 19.4. The Bertz CT molecular complexity index is 5570. The number of hydrogen-bond donors (Lipinski definition) is 0. The quantitative estimate of drug-likeness (QED) is 0.0225. The van der Waals surface area contributed by atoms with Gasteiger partial charge in [-0.25, -0.2) is 43.3 Å². The first-order valence-corrected chi connectivity index (χ1v) is 48.2. The number of amides is 2. The topological polar surface area (TPSA) is 333 Å². The molecule has 2 amide bonds. The first kappa shape index (κ1) is 99.1. The fraction of sp³-hybridized carbons (Fsp3) is 0.442. The van der Waals surface area contributed by atoms with E-state index in [2.05, 4.69) is 47.6 Å². The first-order chi connectivity index (χ1) is 69.3. The molecule has 0 saturated carbocycles. The van der Waals surface area contributed by atoms with Gasteiger partial charge in [0.2, 0.25) is 0 Å².